The summed E-state index contributed by atoms with van der Waals surface area (Å²) in [5, 5.41) is 0. The zero-order chi connectivity index (χ0) is 64.1. The molecular formula is C84H135BrGe2. The molecule has 9 rings (SSSR count). The molecule has 0 fully saturated rings. The summed E-state index contributed by atoms with van der Waals surface area (Å²) in [7, 11) is -2.84. The molecule has 3 aromatic rings. The van der Waals surface area contributed by atoms with Crippen molar-refractivity contribution in [2.75, 3.05) is 0 Å². The van der Waals surface area contributed by atoms with Crippen LogP contribution in [-0.4, -0.2) is 21.8 Å². The predicted octanol–water partition coefficient (Wildman–Crippen LogP) is 23.8. The first-order valence-corrected chi connectivity index (χ1v) is 52.5. The van der Waals surface area contributed by atoms with E-state index in [1.54, 1.807) is 0 Å². The zero-order valence-electron chi connectivity index (χ0n) is 61.8. The Kier molecular flexibility index (Phi) is 20.3. The van der Waals surface area contributed by atoms with Gasteiger partial charge >= 0.3 is 558 Å². The molecule has 486 valence electrons. The predicted molar refractivity (Wildman–Crippen MR) is 393 cm³/mol. The molecule has 6 aliphatic carbocycles. The topological polar surface area (TPSA) is 0 Å². The van der Waals surface area contributed by atoms with E-state index in [-0.39, 0.29) is 65.0 Å². The Morgan fingerprint density at radius 1 is 0.253 bits per heavy atom. The van der Waals surface area contributed by atoms with Crippen molar-refractivity contribution in [2.24, 2.45) is 0 Å². The van der Waals surface area contributed by atoms with Crippen molar-refractivity contribution in [1.82, 2.24) is 0 Å². The van der Waals surface area contributed by atoms with Gasteiger partial charge in [0.05, 0.1) is 0 Å². The monoisotopic (exact) mass is 1370 g/mol. The van der Waals surface area contributed by atoms with Gasteiger partial charge in [-0.05, 0) is 0 Å². The standard InChI is InChI=1S/C84H135BrGe2/c1-25-37-79(38-26-2)52-73(13,14)58-49-59-65(80(39-27-3,40-28-4)53-74(59,15)16)70(64(58)79)86(71-66-60(75(17,18)54-81(66,41-29-5)42-30-6)50-61-67(71)82(43-31-7,44-32-8)55-76(61,19)20)87(85)72-68-62(77(21,22)56-83(68,45-33-9)46-34-10)51-63-69(72)84(47-35-11,48-36-12)57-78(63,23)24/h49-51H,25-48,52-57H2,1-24H3. The molecule has 0 aromatic heterocycles. The maximum atomic E-state index is 5.87. The van der Waals surface area contributed by atoms with Gasteiger partial charge in [0, 0.05) is 0 Å². The molecule has 0 atom stereocenters. The van der Waals surface area contributed by atoms with E-state index in [0.717, 1.165) is 0 Å². The molecule has 3 heteroatoms. The van der Waals surface area contributed by atoms with Crippen LogP contribution in [0.1, 0.15) is 426 Å². The molecule has 0 saturated carbocycles. The second-order valence-corrected chi connectivity index (χ2v) is 65.1. The van der Waals surface area contributed by atoms with E-state index in [4.69, 9.17) is 14.0 Å². The normalized spacial score (nSPS) is 22.9. The van der Waals surface area contributed by atoms with E-state index in [1.807, 2.05) is 66.8 Å². The first kappa shape index (κ1) is 70.5. The first-order chi connectivity index (χ1) is 40.8. The summed E-state index contributed by atoms with van der Waals surface area (Å²) in [6.45, 7) is 64.2. The van der Waals surface area contributed by atoms with Crippen LogP contribution in [0.3, 0.4) is 0 Å². The summed E-state index contributed by atoms with van der Waals surface area (Å²) in [5.74, 6) is 0. The van der Waals surface area contributed by atoms with E-state index in [2.05, 4.69) is 198 Å². The molecule has 0 bridgehead atoms. The Bertz CT molecular complexity index is 2720. The number of benzene rings is 3. The fourth-order valence-corrected chi connectivity index (χ4v) is 63.5. The quantitative estimate of drug-likeness (QED) is 0.0668. The van der Waals surface area contributed by atoms with E-state index in [9.17, 15) is 0 Å². The number of rotatable bonds is 27. The van der Waals surface area contributed by atoms with Crippen molar-refractivity contribution in [3.63, 3.8) is 0 Å². The van der Waals surface area contributed by atoms with Crippen molar-refractivity contribution in [2.45, 2.75) is 424 Å². The Hall–Kier alpha value is -0.774. The van der Waals surface area contributed by atoms with E-state index in [1.165, 1.54) is 193 Å². The second kappa shape index (κ2) is 25.1. The Labute approximate surface area is 553 Å². The van der Waals surface area contributed by atoms with Gasteiger partial charge in [-0.15, -0.1) is 0 Å². The van der Waals surface area contributed by atoms with E-state index in [0.29, 0.717) is 0 Å². The van der Waals surface area contributed by atoms with Crippen molar-refractivity contribution < 1.29 is 0 Å². The van der Waals surface area contributed by atoms with Crippen LogP contribution < -0.4 is 13.2 Å². The molecule has 0 N–H and O–H groups in total. The number of hydrogen-bond donors (Lipinski definition) is 0. The number of hydrogen-bond acceptors (Lipinski definition) is 0. The summed E-state index contributed by atoms with van der Waals surface area (Å²) in [5.41, 5.74) is 24.5. The fourth-order valence-electron chi connectivity index (χ4n) is 25.0. The van der Waals surface area contributed by atoms with E-state index >= 15 is 0 Å². The van der Waals surface area contributed by atoms with Crippen LogP contribution in [0.25, 0.3) is 0 Å². The molecule has 6 aliphatic rings. The molecular weight excluding hydrogens is 1230 g/mol. The van der Waals surface area contributed by atoms with Gasteiger partial charge in [-0.1, -0.05) is 0 Å². The van der Waals surface area contributed by atoms with Crippen LogP contribution in [0.2, 0.25) is 0 Å². The number of fused-ring (bicyclic) bond motifs is 6. The van der Waals surface area contributed by atoms with Crippen LogP contribution >= 0.6 is 14.0 Å². The Balaban J connectivity index is 1.79. The van der Waals surface area contributed by atoms with Gasteiger partial charge in [0.15, 0.2) is 0 Å². The summed E-state index contributed by atoms with van der Waals surface area (Å²) in [4.78, 5) is 0. The van der Waals surface area contributed by atoms with Gasteiger partial charge in [-0.2, -0.15) is 0 Å². The molecule has 0 radical (unpaired) electrons. The average molecular weight is 1370 g/mol. The van der Waals surface area contributed by atoms with Crippen LogP contribution in [0.15, 0.2) is 18.2 Å². The molecule has 0 unspecified atom stereocenters. The molecule has 0 heterocycles. The minimum atomic E-state index is -3.04. The third kappa shape index (κ3) is 11.0. The van der Waals surface area contributed by atoms with Gasteiger partial charge < -0.3 is 0 Å². The van der Waals surface area contributed by atoms with Crippen molar-refractivity contribution in [3.8, 4) is 0 Å². The van der Waals surface area contributed by atoms with Gasteiger partial charge in [-0.3, -0.25) is 0 Å². The van der Waals surface area contributed by atoms with Gasteiger partial charge in [0.1, 0.15) is 0 Å². The molecule has 87 heavy (non-hydrogen) atoms. The summed E-state index contributed by atoms with van der Waals surface area (Å²) >= 11 is 2.83. The van der Waals surface area contributed by atoms with Crippen molar-refractivity contribution in [1.29, 1.82) is 0 Å². The fraction of sp³-hybridized carbons (Fsp3) is 0.786. The summed E-state index contributed by atoms with van der Waals surface area (Å²) in [6.07, 6.45) is 38.9. The summed E-state index contributed by atoms with van der Waals surface area (Å²) in [6, 6.07) is 9.07. The van der Waals surface area contributed by atoms with Crippen LogP contribution in [0, 0.1) is 0 Å². The van der Waals surface area contributed by atoms with Gasteiger partial charge in [0.25, 0.3) is 0 Å². The van der Waals surface area contributed by atoms with Crippen LogP contribution in [0.4, 0.5) is 0 Å². The SMILES string of the molecule is CCCC1(CCC)CC(C)(C)c2cc3c([c]([Ge]([Br])=[Ge]([c]4c5c(cc6c4C(CCC)(CCC)CC6(C)C)C(C)(C)CC5(CCC)CCC)[c]4c5c(cc6c4C(CCC)(CCC)CC6(C)C)C(C)(C)CC5(CCC)CCC)c21)C(CCC)(CCC)CC3(C)C. The molecule has 0 amide bonds. The van der Waals surface area contributed by atoms with Crippen molar-refractivity contribution >= 4 is 49.0 Å². The van der Waals surface area contributed by atoms with E-state index < -0.39 is 21.8 Å². The third-order valence-corrected chi connectivity index (χ3v) is 58.7. The number of halogens is 1. The average Bonchev–Trinajstić information content (AvgIpc) is 1.55. The Morgan fingerprint density at radius 2 is 0.391 bits per heavy atom. The zero-order valence-corrected chi connectivity index (χ0v) is 67.6. The molecule has 3 aromatic carbocycles. The molecule has 0 nitrogen and oxygen atoms in total. The molecule has 0 saturated heterocycles. The minimum absolute atomic E-state index is 0.0984. The summed E-state index contributed by atoms with van der Waals surface area (Å²) < 4.78 is 6.38. The van der Waals surface area contributed by atoms with Gasteiger partial charge in [0.2, 0.25) is 0 Å². The maximum absolute atomic E-state index is 5.87. The molecule has 0 aliphatic heterocycles. The molecule has 0 spiro atoms. The van der Waals surface area contributed by atoms with Crippen molar-refractivity contribution in [3.05, 3.63) is 85.0 Å². The van der Waals surface area contributed by atoms with Crippen LogP contribution in [-0.2, 0) is 65.0 Å². The first-order valence-electron chi connectivity index (χ1n) is 37.9. The van der Waals surface area contributed by atoms with Gasteiger partial charge in [-0.25, -0.2) is 0 Å². The second-order valence-electron chi connectivity index (χ2n) is 36.0. The van der Waals surface area contributed by atoms with Crippen LogP contribution in [0.5, 0.6) is 0 Å². The third-order valence-electron chi connectivity index (χ3n) is 25.9. The Morgan fingerprint density at radius 3 is 0.529 bits per heavy atom.